The van der Waals surface area contributed by atoms with Gasteiger partial charge in [-0.3, -0.25) is 14.5 Å². The highest BCUT2D eigenvalue weighted by Crippen LogP contribution is 2.20. The molecule has 2 rings (SSSR count). The summed E-state index contributed by atoms with van der Waals surface area (Å²) < 4.78 is 17.9. The Kier molecular flexibility index (Phi) is 9.32. The van der Waals surface area contributed by atoms with Gasteiger partial charge in [-0.15, -0.1) is 5.10 Å². The first-order chi connectivity index (χ1) is 13.1. The van der Waals surface area contributed by atoms with E-state index in [1.165, 1.54) is 4.90 Å². The Balaban J connectivity index is 1.53. The molecule has 1 unspecified atom stereocenters. The summed E-state index contributed by atoms with van der Waals surface area (Å²) >= 11 is 0. The van der Waals surface area contributed by atoms with Crippen LogP contribution >= 0.6 is 0 Å². The van der Waals surface area contributed by atoms with Gasteiger partial charge in [-0.25, -0.2) is 4.68 Å². The molecular weight excluding hydrogens is 354 g/mol. The van der Waals surface area contributed by atoms with Crippen molar-refractivity contribution in [3.8, 4) is 0 Å². The largest absolute Gasteiger partial charge is 0.378 e. The Bertz CT molecular complexity index is 594. The van der Waals surface area contributed by atoms with Crippen LogP contribution in [0.4, 0.5) is 0 Å². The van der Waals surface area contributed by atoms with Gasteiger partial charge in [-0.05, 0) is 7.05 Å². The molecular formula is C17H29N5O5. The fourth-order valence-electron chi connectivity index (χ4n) is 2.57. The van der Waals surface area contributed by atoms with Crippen molar-refractivity contribution in [2.45, 2.75) is 26.4 Å². The van der Waals surface area contributed by atoms with Crippen LogP contribution in [0.1, 0.15) is 19.0 Å². The highest BCUT2D eigenvalue weighted by molar-refractivity contribution is 6.03. The molecule has 1 fully saturated rings. The Morgan fingerprint density at radius 1 is 1.11 bits per heavy atom. The van der Waals surface area contributed by atoms with Gasteiger partial charge in [0, 0.05) is 18.9 Å². The van der Waals surface area contributed by atoms with Crippen molar-refractivity contribution in [2.24, 2.45) is 5.92 Å². The normalized spacial score (nSPS) is 17.3. The molecule has 0 bridgehead atoms. The number of likely N-dealkylation sites (N-methyl/N-ethyl adjacent to an activating group) is 1. The molecule has 1 aliphatic rings. The zero-order valence-corrected chi connectivity index (χ0v) is 16.1. The van der Waals surface area contributed by atoms with E-state index in [2.05, 4.69) is 15.6 Å². The number of hydrogen-bond donors (Lipinski definition) is 1. The minimum absolute atomic E-state index is 0.148. The standard InChI is InChI=1S/C17H29N5O5/c1-14-11-16(23)22(17(14)24)13-15-12-21(20-19-15)4-6-26-8-10-27-9-7-25-5-3-18-2/h12,14,18H,3-11,13H2,1-2H3. The van der Waals surface area contributed by atoms with E-state index in [4.69, 9.17) is 14.2 Å². The predicted octanol–water partition coefficient (Wildman–Crippen LogP) is -0.558. The summed E-state index contributed by atoms with van der Waals surface area (Å²) in [7, 11) is 1.88. The number of carbonyl (C=O) groups is 2. The van der Waals surface area contributed by atoms with Gasteiger partial charge in [0.05, 0.1) is 58.9 Å². The molecule has 10 nitrogen and oxygen atoms in total. The number of imide groups is 1. The van der Waals surface area contributed by atoms with Crippen LogP contribution in [0, 0.1) is 5.92 Å². The SMILES string of the molecule is CNCCOCCOCCOCCn1cc(CN2C(=O)CC(C)C2=O)nn1. The summed E-state index contributed by atoms with van der Waals surface area (Å²) in [4.78, 5) is 25.0. The molecule has 0 radical (unpaired) electrons. The van der Waals surface area contributed by atoms with E-state index in [9.17, 15) is 9.59 Å². The molecule has 10 heteroatoms. The van der Waals surface area contributed by atoms with Gasteiger partial charge in [0.2, 0.25) is 11.8 Å². The lowest BCUT2D eigenvalue weighted by Crippen LogP contribution is -2.29. The maximum absolute atomic E-state index is 11.9. The molecule has 1 aromatic heterocycles. The van der Waals surface area contributed by atoms with E-state index in [1.54, 1.807) is 17.8 Å². The van der Waals surface area contributed by atoms with Gasteiger partial charge in [-0.2, -0.15) is 0 Å². The smallest absolute Gasteiger partial charge is 0.232 e. The third-order valence-corrected chi connectivity index (χ3v) is 4.08. The minimum atomic E-state index is -0.247. The molecule has 0 aromatic carbocycles. The van der Waals surface area contributed by atoms with Crippen molar-refractivity contribution in [1.29, 1.82) is 0 Å². The van der Waals surface area contributed by atoms with E-state index in [1.807, 2.05) is 7.05 Å². The maximum atomic E-state index is 11.9. The first-order valence-electron chi connectivity index (χ1n) is 9.23. The molecule has 152 valence electrons. The summed E-state index contributed by atoms with van der Waals surface area (Å²) in [5.74, 6) is -0.550. The van der Waals surface area contributed by atoms with Crippen LogP contribution < -0.4 is 5.32 Å². The van der Waals surface area contributed by atoms with Crippen LogP contribution in [-0.4, -0.2) is 84.9 Å². The van der Waals surface area contributed by atoms with Gasteiger partial charge in [0.15, 0.2) is 0 Å². The molecule has 1 aromatic rings. The van der Waals surface area contributed by atoms with Crippen LogP contribution in [0.3, 0.4) is 0 Å². The highest BCUT2D eigenvalue weighted by atomic mass is 16.5. The van der Waals surface area contributed by atoms with E-state index in [0.29, 0.717) is 51.9 Å². The summed E-state index contributed by atoms with van der Waals surface area (Å²) in [5.41, 5.74) is 0.590. The fourth-order valence-corrected chi connectivity index (χ4v) is 2.57. The number of amides is 2. The van der Waals surface area contributed by atoms with Gasteiger partial charge in [0.25, 0.3) is 0 Å². The topological polar surface area (TPSA) is 108 Å². The fraction of sp³-hybridized carbons (Fsp3) is 0.765. The van der Waals surface area contributed by atoms with E-state index >= 15 is 0 Å². The van der Waals surface area contributed by atoms with Crippen molar-refractivity contribution < 1.29 is 23.8 Å². The molecule has 0 aliphatic carbocycles. The molecule has 2 amide bonds. The summed E-state index contributed by atoms with van der Waals surface area (Å²) in [6, 6.07) is 0. The van der Waals surface area contributed by atoms with Crippen molar-refractivity contribution >= 4 is 11.8 Å². The quantitative estimate of drug-likeness (QED) is 0.337. The predicted molar refractivity (Wildman–Crippen MR) is 95.7 cm³/mol. The van der Waals surface area contributed by atoms with Crippen LogP contribution in [0.5, 0.6) is 0 Å². The average molecular weight is 383 g/mol. The third kappa shape index (κ3) is 7.33. The number of aromatic nitrogens is 3. The third-order valence-electron chi connectivity index (χ3n) is 4.08. The van der Waals surface area contributed by atoms with Gasteiger partial charge >= 0.3 is 0 Å². The molecule has 1 N–H and O–H groups in total. The van der Waals surface area contributed by atoms with Crippen LogP contribution in [-0.2, 0) is 36.9 Å². The first-order valence-corrected chi connectivity index (χ1v) is 9.23. The molecule has 27 heavy (non-hydrogen) atoms. The van der Waals surface area contributed by atoms with Gasteiger partial charge in [-0.1, -0.05) is 12.1 Å². The Hall–Kier alpha value is -1.88. The van der Waals surface area contributed by atoms with Crippen LogP contribution in [0.2, 0.25) is 0 Å². The van der Waals surface area contributed by atoms with Crippen molar-refractivity contribution in [3.63, 3.8) is 0 Å². The molecule has 2 heterocycles. The molecule has 1 saturated heterocycles. The Labute approximate surface area is 159 Å². The second kappa shape index (κ2) is 11.8. The van der Waals surface area contributed by atoms with Crippen molar-refractivity contribution in [3.05, 3.63) is 11.9 Å². The van der Waals surface area contributed by atoms with Gasteiger partial charge in [0.1, 0.15) is 5.69 Å². The lowest BCUT2D eigenvalue weighted by atomic mass is 10.1. The maximum Gasteiger partial charge on any atom is 0.232 e. The van der Waals surface area contributed by atoms with Crippen molar-refractivity contribution in [2.75, 3.05) is 53.2 Å². The first kappa shape index (κ1) is 21.4. The number of ether oxygens (including phenoxy) is 3. The van der Waals surface area contributed by atoms with E-state index in [0.717, 1.165) is 6.54 Å². The lowest BCUT2D eigenvalue weighted by molar-refractivity contribution is -0.140. The summed E-state index contributed by atoms with van der Waals surface area (Å²) in [6.45, 7) is 6.58. The lowest BCUT2D eigenvalue weighted by Gasteiger charge is -2.11. The number of likely N-dealkylation sites (tertiary alicyclic amines) is 1. The second-order valence-electron chi connectivity index (χ2n) is 6.34. The second-order valence-corrected chi connectivity index (χ2v) is 6.34. The number of rotatable bonds is 14. The zero-order chi connectivity index (χ0) is 19.5. The number of hydrogen-bond acceptors (Lipinski definition) is 8. The monoisotopic (exact) mass is 383 g/mol. The van der Waals surface area contributed by atoms with Gasteiger partial charge < -0.3 is 19.5 Å². The Morgan fingerprint density at radius 2 is 1.78 bits per heavy atom. The Morgan fingerprint density at radius 3 is 2.41 bits per heavy atom. The van der Waals surface area contributed by atoms with E-state index < -0.39 is 0 Å². The zero-order valence-electron chi connectivity index (χ0n) is 16.1. The summed E-state index contributed by atoms with van der Waals surface area (Å²) in [6.07, 6.45) is 2.00. The van der Waals surface area contributed by atoms with Crippen molar-refractivity contribution in [1.82, 2.24) is 25.2 Å². The highest BCUT2D eigenvalue weighted by Gasteiger charge is 2.35. The number of carbonyl (C=O) groups excluding carboxylic acids is 2. The molecule has 1 atom stereocenters. The molecule has 0 spiro atoms. The minimum Gasteiger partial charge on any atom is -0.378 e. The summed E-state index contributed by atoms with van der Waals surface area (Å²) in [5, 5.41) is 11.0. The molecule has 0 saturated carbocycles. The molecule has 1 aliphatic heterocycles. The average Bonchev–Trinajstić information content (AvgIpc) is 3.19. The van der Waals surface area contributed by atoms with E-state index in [-0.39, 0.29) is 30.7 Å². The number of nitrogens with zero attached hydrogens (tertiary/aromatic N) is 4. The van der Waals surface area contributed by atoms with Crippen LogP contribution in [0.15, 0.2) is 6.20 Å². The number of nitrogens with one attached hydrogen (secondary N) is 1. The van der Waals surface area contributed by atoms with Crippen LogP contribution in [0.25, 0.3) is 0 Å².